The Morgan fingerprint density at radius 2 is 2.00 bits per heavy atom. The third kappa shape index (κ3) is 3.44. The fourth-order valence-electron chi connectivity index (χ4n) is 2.47. The molecule has 3 nitrogen and oxygen atoms in total. The Hall–Kier alpha value is -0.120. The van der Waals surface area contributed by atoms with Gasteiger partial charge in [0.1, 0.15) is 6.23 Å². The maximum Gasteiger partial charge on any atom is 0.110 e. The molecule has 1 N–H and O–H groups in total. The summed E-state index contributed by atoms with van der Waals surface area (Å²) in [5.74, 6) is 0. The van der Waals surface area contributed by atoms with Crippen molar-refractivity contribution in [2.24, 2.45) is 0 Å². The summed E-state index contributed by atoms with van der Waals surface area (Å²) < 4.78 is 5.90. The number of rotatable bonds is 3. The molecule has 0 amide bonds. The van der Waals surface area contributed by atoms with E-state index in [1.165, 1.54) is 38.9 Å². The summed E-state index contributed by atoms with van der Waals surface area (Å²) in [6, 6.07) is 0. The monoisotopic (exact) mass is 212 g/mol. The minimum absolute atomic E-state index is 0.0343. The maximum absolute atomic E-state index is 5.90. The highest BCUT2D eigenvalue weighted by atomic mass is 16.5. The number of ether oxygens (including phenoxy) is 1. The highest BCUT2D eigenvalue weighted by molar-refractivity contribution is 4.82. The van der Waals surface area contributed by atoms with E-state index in [9.17, 15) is 0 Å². The summed E-state index contributed by atoms with van der Waals surface area (Å²) >= 11 is 0. The second-order valence-electron chi connectivity index (χ2n) is 5.44. The molecule has 88 valence electrons. The van der Waals surface area contributed by atoms with Crippen molar-refractivity contribution in [1.29, 1.82) is 0 Å². The summed E-state index contributed by atoms with van der Waals surface area (Å²) in [5.41, 5.74) is 0.0343. The van der Waals surface area contributed by atoms with Gasteiger partial charge in [-0.05, 0) is 46.2 Å². The van der Waals surface area contributed by atoms with Crippen LogP contribution in [0.1, 0.15) is 39.5 Å². The molecule has 2 heterocycles. The smallest absolute Gasteiger partial charge is 0.110 e. The molecule has 2 rings (SSSR count). The third-order valence-electron chi connectivity index (χ3n) is 3.37. The zero-order valence-corrected chi connectivity index (χ0v) is 10.1. The van der Waals surface area contributed by atoms with Crippen molar-refractivity contribution >= 4 is 0 Å². The molecule has 0 aromatic carbocycles. The van der Waals surface area contributed by atoms with Crippen LogP contribution in [0.3, 0.4) is 0 Å². The average molecular weight is 212 g/mol. The summed E-state index contributed by atoms with van der Waals surface area (Å²) in [6.07, 6.45) is 5.59. The molecule has 3 heteroatoms. The third-order valence-corrected chi connectivity index (χ3v) is 3.37. The van der Waals surface area contributed by atoms with Crippen LogP contribution in [0.5, 0.6) is 0 Å². The molecule has 2 fully saturated rings. The van der Waals surface area contributed by atoms with Gasteiger partial charge < -0.3 is 9.64 Å². The molecule has 2 saturated heterocycles. The van der Waals surface area contributed by atoms with E-state index in [2.05, 4.69) is 24.1 Å². The molecule has 0 bridgehead atoms. The maximum atomic E-state index is 5.90. The highest BCUT2D eigenvalue weighted by Gasteiger charge is 2.30. The van der Waals surface area contributed by atoms with E-state index >= 15 is 0 Å². The van der Waals surface area contributed by atoms with Gasteiger partial charge in [0, 0.05) is 13.1 Å². The Labute approximate surface area is 93.2 Å². The Kier molecular flexibility index (Phi) is 3.65. The first kappa shape index (κ1) is 11.4. The fourth-order valence-corrected chi connectivity index (χ4v) is 2.47. The summed E-state index contributed by atoms with van der Waals surface area (Å²) in [6.45, 7) is 9.05. The van der Waals surface area contributed by atoms with Crippen LogP contribution in [0.4, 0.5) is 0 Å². The number of piperidine rings is 1. The first-order valence-corrected chi connectivity index (χ1v) is 6.29. The van der Waals surface area contributed by atoms with E-state index in [1.807, 2.05) is 0 Å². The molecule has 2 aliphatic heterocycles. The number of hydrogen-bond donors (Lipinski definition) is 1. The highest BCUT2D eigenvalue weighted by Crippen LogP contribution is 2.19. The second kappa shape index (κ2) is 4.81. The van der Waals surface area contributed by atoms with Gasteiger partial charge in [-0.2, -0.15) is 0 Å². The first-order valence-electron chi connectivity index (χ1n) is 6.29. The number of hydrogen-bond acceptors (Lipinski definition) is 3. The van der Waals surface area contributed by atoms with Gasteiger partial charge in [-0.3, -0.25) is 5.32 Å². The Morgan fingerprint density at radius 1 is 1.27 bits per heavy atom. The molecule has 0 aliphatic carbocycles. The van der Waals surface area contributed by atoms with Crippen LogP contribution < -0.4 is 5.32 Å². The Bertz CT molecular complexity index is 200. The van der Waals surface area contributed by atoms with E-state index in [0.717, 1.165) is 13.0 Å². The number of likely N-dealkylation sites (tertiary alicyclic amines) is 1. The van der Waals surface area contributed by atoms with Gasteiger partial charge in [0.15, 0.2) is 0 Å². The van der Waals surface area contributed by atoms with E-state index in [4.69, 9.17) is 4.74 Å². The Morgan fingerprint density at radius 3 is 2.60 bits per heavy atom. The zero-order valence-electron chi connectivity index (χ0n) is 10.1. The van der Waals surface area contributed by atoms with Crippen molar-refractivity contribution in [3.8, 4) is 0 Å². The molecule has 0 spiro atoms. The topological polar surface area (TPSA) is 24.5 Å². The molecule has 0 radical (unpaired) electrons. The summed E-state index contributed by atoms with van der Waals surface area (Å²) in [4.78, 5) is 2.57. The zero-order chi connectivity index (χ0) is 10.7. The molecular formula is C12H24N2O. The molecule has 1 atom stereocenters. The van der Waals surface area contributed by atoms with Crippen molar-refractivity contribution < 1.29 is 4.74 Å². The van der Waals surface area contributed by atoms with Crippen LogP contribution in [0.2, 0.25) is 0 Å². The minimum atomic E-state index is 0.0343. The van der Waals surface area contributed by atoms with Gasteiger partial charge in [0.2, 0.25) is 0 Å². The quantitative estimate of drug-likeness (QED) is 0.769. The van der Waals surface area contributed by atoms with E-state index in [-0.39, 0.29) is 11.8 Å². The van der Waals surface area contributed by atoms with E-state index in [1.54, 1.807) is 0 Å². The normalized spacial score (nSPS) is 32.0. The van der Waals surface area contributed by atoms with Crippen LogP contribution in [0.15, 0.2) is 0 Å². The van der Waals surface area contributed by atoms with Gasteiger partial charge >= 0.3 is 0 Å². The van der Waals surface area contributed by atoms with Crippen LogP contribution in [-0.4, -0.2) is 42.9 Å². The van der Waals surface area contributed by atoms with Crippen LogP contribution in [-0.2, 0) is 4.74 Å². The van der Waals surface area contributed by atoms with E-state index in [0.29, 0.717) is 0 Å². The van der Waals surface area contributed by atoms with Crippen LogP contribution in [0.25, 0.3) is 0 Å². The van der Waals surface area contributed by atoms with Crippen molar-refractivity contribution in [3.05, 3.63) is 0 Å². The first-order chi connectivity index (χ1) is 7.16. The van der Waals surface area contributed by atoms with Crippen molar-refractivity contribution in [3.63, 3.8) is 0 Å². The van der Waals surface area contributed by atoms with Crippen LogP contribution >= 0.6 is 0 Å². The molecule has 2 aliphatic rings. The Balaban J connectivity index is 1.65. The lowest BCUT2D eigenvalue weighted by Crippen LogP contribution is -2.34. The van der Waals surface area contributed by atoms with Crippen molar-refractivity contribution in [2.75, 3.05) is 26.2 Å². The molecule has 15 heavy (non-hydrogen) atoms. The standard InChI is InChI=1S/C12H24N2O/c1-12(2)10-13-11(15-12)6-9-14-7-4-3-5-8-14/h11,13H,3-10H2,1-2H3. The fraction of sp³-hybridized carbons (Fsp3) is 1.00. The van der Waals surface area contributed by atoms with Gasteiger partial charge in [-0.25, -0.2) is 0 Å². The van der Waals surface area contributed by atoms with Crippen LogP contribution in [0, 0.1) is 0 Å². The molecule has 0 aromatic heterocycles. The van der Waals surface area contributed by atoms with Gasteiger partial charge in [-0.15, -0.1) is 0 Å². The minimum Gasteiger partial charge on any atom is -0.356 e. The summed E-state index contributed by atoms with van der Waals surface area (Å²) in [7, 11) is 0. The molecule has 0 aromatic rings. The SMILES string of the molecule is CC1(C)CNC(CCN2CCCCC2)O1. The second-order valence-corrected chi connectivity index (χ2v) is 5.44. The lowest BCUT2D eigenvalue weighted by molar-refractivity contribution is -0.0218. The lowest BCUT2D eigenvalue weighted by atomic mass is 10.1. The van der Waals surface area contributed by atoms with Crippen molar-refractivity contribution in [2.45, 2.75) is 51.4 Å². The molecule has 1 unspecified atom stereocenters. The number of nitrogens with one attached hydrogen (secondary N) is 1. The lowest BCUT2D eigenvalue weighted by Gasteiger charge is -2.27. The average Bonchev–Trinajstić information content (AvgIpc) is 2.57. The van der Waals surface area contributed by atoms with Gasteiger partial charge in [-0.1, -0.05) is 6.42 Å². The molecular weight excluding hydrogens is 188 g/mol. The predicted molar refractivity (Wildman–Crippen MR) is 61.9 cm³/mol. The summed E-state index contributed by atoms with van der Waals surface area (Å²) in [5, 5.41) is 3.44. The van der Waals surface area contributed by atoms with E-state index < -0.39 is 0 Å². The molecule has 0 saturated carbocycles. The van der Waals surface area contributed by atoms with Gasteiger partial charge in [0.25, 0.3) is 0 Å². The van der Waals surface area contributed by atoms with Crippen molar-refractivity contribution in [1.82, 2.24) is 10.2 Å². The van der Waals surface area contributed by atoms with Gasteiger partial charge in [0.05, 0.1) is 5.60 Å². The largest absolute Gasteiger partial charge is 0.356 e. The predicted octanol–water partition coefficient (Wildman–Crippen LogP) is 1.59. The number of nitrogens with zero attached hydrogens (tertiary/aromatic N) is 1.